The molecular formula is C19H28N2O3. The van der Waals surface area contributed by atoms with Gasteiger partial charge in [0.2, 0.25) is 0 Å². The number of aliphatic carboxylic acids is 1. The van der Waals surface area contributed by atoms with E-state index in [4.69, 9.17) is 5.11 Å². The minimum Gasteiger partial charge on any atom is -0.481 e. The summed E-state index contributed by atoms with van der Waals surface area (Å²) in [5.41, 5.74) is 2.96. The fourth-order valence-electron chi connectivity index (χ4n) is 4.57. The van der Waals surface area contributed by atoms with E-state index in [1.54, 1.807) is 4.90 Å². The second kappa shape index (κ2) is 6.99. The number of nitrogens with zero attached hydrogens (tertiary/aromatic N) is 2. The molecule has 2 aliphatic rings. The Kier molecular flexibility index (Phi) is 4.97. The van der Waals surface area contributed by atoms with Crippen LogP contribution in [0.5, 0.6) is 0 Å². The Morgan fingerprint density at radius 2 is 1.83 bits per heavy atom. The first-order valence-corrected chi connectivity index (χ1v) is 9.20. The maximum atomic E-state index is 13.0. The maximum absolute atomic E-state index is 13.0. The van der Waals surface area contributed by atoms with E-state index in [1.165, 1.54) is 32.1 Å². The van der Waals surface area contributed by atoms with Gasteiger partial charge in [-0.1, -0.05) is 19.3 Å². The zero-order valence-corrected chi connectivity index (χ0v) is 14.8. The minimum atomic E-state index is -0.827. The molecule has 1 unspecified atom stereocenters. The number of carboxylic acids is 1. The highest BCUT2D eigenvalue weighted by Crippen LogP contribution is 2.33. The van der Waals surface area contributed by atoms with Crippen LogP contribution in [0.2, 0.25) is 0 Å². The van der Waals surface area contributed by atoms with Crippen LogP contribution in [-0.4, -0.2) is 39.0 Å². The van der Waals surface area contributed by atoms with Gasteiger partial charge in [-0.25, -0.2) is 0 Å². The smallest absolute Gasteiger partial charge is 0.305 e. The number of likely N-dealkylation sites (tertiary alicyclic amines) is 1. The van der Waals surface area contributed by atoms with Crippen molar-refractivity contribution >= 4 is 11.9 Å². The van der Waals surface area contributed by atoms with E-state index in [2.05, 4.69) is 11.5 Å². The second-order valence-corrected chi connectivity index (χ2v) is 7.34. The summed E-state index contributed by atoms with van der Waals surface area (Å²) in [6.45, 7) is 4.79. The van der Waals surface area contributed by atoms with Crippen molar-refractivity contribution in [3.8, 4) is 0 Å². The quantitative estimate of drug-likeness (QED) is 0.914. The van der Waals surface area contributed by atoms with Gasteiger partial charge in [-0.2, -0.15) is 0 Å². The van der Waals surface area contributed by atoms with Gasteiger partial charge in [-0.05, 0) is 45.6 Å². The molecule has 1 N–H and O–H groups in total. The summed E-state index contributed by atoms with van der Waals surface area (Å²) >= 11 is 0. The van der Waals surface area contributed by atoms with Crippen LogP contribution in [0.1, 0.15) is 79.2 Å². The van der Waals surface area contributed by atoms with Crippen molar-refractivity contribution in [1.29, 1.82) is 0 Å². The van der Waals surface area contributed by atoms with Crippen LogP contribution in [0, 0.1) is 13.8 Å². The van der Waals surface area contributed by atoms with Crippen LogP contribution in [0.3, 0.4) is 0 Å². The molecule has 24 heavy (non-hydrogen) atoms. The lowest BCUT2D eigenvalue weighted by Gasteiger charge is -2.27. The molecule has 2 heterocycles. The molecule has 132 valence electrons. The number of amides is 1. The zero-order chi connectivity index (χ0) is 17.3. The summed E-state index contributed by atoms with van der Waals surface area (Å²) in [6, 6.07) is 2.35. The number of aromatic nitrogens is 1. The molecule has 1 aromatic heterocycles. The first kappa shape index (κ1) is 17.1. The average molecular weight is 332 g/mol. The Labute approximate surface area is 143 Å². The van der Waals surface area contributed by atoms with Gasteiger partial charge in [-0.3, -0.25) is 9.59 Å². The number of aryl methyl sites for hydroxylation is 1. The zero-order valence-electron chi connectivity index (χ0n) is 14.8. The highest BCUT2D eigenvalue weighted by atomic mass is 16.4. The number of carbonyl (C=O) groups is 2. The standard InChI is InChI=1S/C19H28N2O3/c1-13-11-17(14(2)21(13)15-7-4-3-5-8-15)19(24)20-10-6-9-16(20)12-18(22)23/h11,15-16H,3-10,12H2,1-2H3,(H,22,23). The lowest BCUT2D eigenvalue weighted by molar-refractivity contribution is -0.137. The molecule has 2 fully saturated rings. The molecule has 1 atom stereocenters. The third-order valence-corrected chi connectivity index (χ3v) is 5.70. The SMILES string of the molecule is Cc1cc(C(=O)N2CCCC2CC(=O)O)c(C)n1C1CCCCC1. The van der Waals surface area contributed by atoms with Crippen molar-refractivity contribution in [1.82, 2.24) is 9.47 Å². The van der Waals surface area contributed by atoms with Crippen molar-refractivity contribution in [2.24, 2.45) is 0 Å². The van der Waals surface area contributed by atoms with Gasteiger partial charge >= 0.3 is 5.97 Å². The third-order valence-electron chi connectivity index (χ3n) is 5.70. The van der Waals surface area contributed by atoms with Crippen molar-refractivity contribution < 1.29 is 14.7 Å². The van der Waals surface area contributed by atoms with Gasteiger partial charge in [0.05, 0.1) is 12.0 Å². The predicted molar refractivity (Wildman–Crippen MR) is 92.3 cm³/mol. The molecule has 0 radical (unpaired) electrons. The van der Waals surface area contributed by atoms with Crippen LogP contribution in [0.4, 0.5) is 0 Å². The largest absolute Gasteiger partial charge is 0.481 e. The molecule has 5 nitrogen and oxygen atoms in total. The topological polar surface area (TPSA) is 62.5 Å². The summed E-state index contributed by atoms with van der Waals surface area (Å²) < 4.78 is 2.34. The number of hydrogen-bond donors (Lipinski definition) is 1. The van der Waals surface area contributed by atoms with E-state index >= 15 is 0 Å². The van der Waals surface area contributed by atoms with Crippen LogP contribution in [0.25, 0.3) is 0 Å². The van der Waals surface area contributed by atoms with E-state index in [0.717, 1.165) is 29.8 Å². The molecule has 1 saturated carbocycles. The van der Waals surface area contributed by atoms with Crippen LogP contribution < -0.4 is 0 Å². The number of carboxylic acid groups (broad SMARTS) is 1. The molecule has 0 bridgehead atoms. The van der Waals surface area contributed by atoms with Crippen molar-refractivity contribution in [3.05, 3.63) is 23.0 Å². The van der Waals surface area contributed by atoms with Crippen LogP contribution in [-0.2, 0) is 4.79 Å². The summed E-state index contributed by atoms with van der Waals surface area (Å²) in [4.78, 5) is 25.9. The van der Waals surface area contributed by atoms with Gasteiger partial charge in [0, 0.05) is 30.0 Å². The average Bonchev–Trinajstić information content (AvgIpc) is 3.11. The van der Waals surface area contributed by atoms with E-state index < -0.39 is 5.97 Å². The number of hydrogen-bond acceptors (Lipinski definition) is 2. The molecule has 1 aliphatic heterocycles. The lowest BCUT2D eigenvalue weighted by atomic mass is 9.95. The monoisotopic (exact) mass is 332 g/mol. The van der Waals surface area contributed by atoms with E-state index in [0.29, 0.717) is 12.6 Å². The first-order valence-electron chi connectivity index (χ1n) is 9.20. The van der Waals surface area contributed by atoms with Crippen molar-refractivity contribution in [2.45, 2.75) is 77.3 Å². The van der Waals surface area contributed by atoms with E-state index in [1.807, 2.05) is 13.0 Å². The van der Waals surface area contributed by atoms with Crippen LogP contribution >= 0.6 is 0 Å². The van der Waals surface area contributed by atoms with E-state index in [9.17, 15) is 9.59 Å². The van der Waals surface area contributed by atoms with Crippen LogP contribution in [0.15, 0.2) is 6.07 Å². The van der Waals surface area contributed by atoms with Crippen molar-refractivity contribution in [2.75, 3.05) is 6.54 Å². The Morgan fingerprint density at radius 1 is 1.12 bits per heavy atom. The minimum absolute atomic E-state index is 0.00825. The molecule has 1 saturated heterocycles. The fourth-order valence-corrected chi connectivity index (χ4v) is 4.57. The molecular weight excluding hydrogens is 304 g/mol. The molecule has 0 aromatic carbocycles. The molecule has 1 aromatic rings. The lowest BCUT2D eigenvalue weighted by Crippen LogP contribution is -2.37. The predicted octanol–water partition coefficient (Wildman–Crippen LogP) is 3.69. The Hall–Kier alpha value is -1.78. The molecule has 0 spiro atoms. The highest BCUT2D eigenvalue weighted by molar-refractivity contribution is 5.96. The summed E-state index contributed by atoms with van der Waals surface area (Å²) in [5, 5.41) is 9.07. The van der Waals surface area contributed by atoms with E-state index in [-0.39, 0.29) is 18.4 Å². The van der Waals surface area contributed by atoms with Gasteiger partial charge < -0.3 is 14.6 Å². The summed E-state index contributed by atoms with van der Waals surface area (Å²) in [6.07, 6.45) is 7.95. The Bertz CT molecular complexity index is 629. The summed E-state index contributed by atoms with van der Waals surface area (Å²) in [5.74, 6) is -0.818. The molecule has 3 rings (SSSR count). The maximum Gasteiger partial charge on any atom is 0.305 e. The van der Waals surface area contributed by atoms with Gasteiger partial charge in [0.1, 0.15) is 0 Å². The van der Waals surface area contributed by atoms with Gasteiger partial charge in [0.25, 0.3) is 5.91 Å². The second-order valence-electron chi connectivity index (χ2n) is 7.34. The first-order chi connectivity index (χ1) is 11.5. The van der Waals surface area contributed by atoms with Gasteiger partial charge in [0.15, 0.2) is 0 Å². The Balaban J connectivity index is 1.84. The number of rotatable bonds is 4. The van der Waals surface area contributed by atoms with Crippen molar-refractivity contribution in [3.63, 3.8) is 0 Å². The molecule has 1 aliphatic carbocycles. The molecule has 5 heteroatoms. The number of carbonyl (C=O) groups excluding carboxylic acids is 1. The fraction of sp³-hybridized carbons (Fsp3) is 0.684. The third kappa shape index (κ3) is 3.21. The highest BCUT2D eigenvalue weighted by Gasteiger charge is 2.33. The normalized spacial score (nSPS) is 22.1. The molecule has 1 amide bonds. The Morgan fingerprint density at radius 3 is 2.50 bits per heavy atom. The van der Waals surface area contributed by atoms with Gasteiger partial charge in [-0.15, -0.1) is 0 Å². The summed E-state index contributed by atoms with van der Waals surface area (Å²) in [7, 11) is 0.